The van der Waals surface area contributed by atoms with Gasteiger partial charge in [0.2, 0.25) is 0 Å². The second kappa shape index (κ2) is 5.53. The topological polar surface area (TPSA) is 30.7 Å². The van der Waals surface area contributed by atoms with Gasteiger partial charge in [-0.1, -0.05) is 44.2 Å². The average Bonchev–Trinajstić information content (AvgIpc) is 2.87. The summed E-state index contributed by atoms with van der Waals surface area (Å²) in [5.41, 5.74) is 3.17. The van der Waals surface area contributed by atoms with Crippen LogP contribution in [0.3, 0.4) is 0 Å². The van der Waals surface area contributed by atoms with Crippen molar-refractivity contribution in [1.29, 1.82) is 0 Å². The van der Waals surface area contributed by atoms with Crippen LogP contribution in [0.25, 0.3) is 5.69 Å². The van der Waals surface area contributed by atoms with Gasteiger partial charge < -0.3 is 0 Å². The molecule has 0 bridgehead atoms. The van der Waals surface area contributed by atoms with Gasteiger partial charge in [-0.3, -0.25) is 0 Å². The summed E-state index contributed by atoms with van der Waals surface area (Å²) in [6.07, 6.45) is 2.77. The second-order valence-corrected chi connectivity index (χ2v) is 5.20. The van der Waals surface area contributed by atoms with Crippen LogP contribution in [-0.4, -0.2) is 15.0 Å². The molecule has 0 amide bonds. The van der Waals surface area contributed by atoms with Crippen LogP contribution in [-0.2, 0) is 0 Å². The van der Waals surface area contributed by atoms with Crippen LogP contribution in [0.2, 0.25) is 0 Å². The maximum atomic E-state index is 6.18. The Balaban J connectivity index is 2.40. The van der Waals surface area contributed by atoms with E-state index >= 15 is 0 Å². The van der Waals surface area contributed by atoms with Crippen molar-refractivity contribution in [3.05, 3.63) is 41.7 Å². The van der Waals surface area contributed by atoms with Gasteiger partial charge in [0, 0.05) is 0 Å². The summed E-state index contributed by atoms with van der Waals surface area (Å²) in [6.45, 7) is 6.39. The Morgan fingerprint density at radius 2 is 2.00 bits per heavy atom. The Bertz CT molecular complexity index is 519. The van der Waals surface area contributed by atoms with E-state index in [0.29, 0.717) is 5.92 Å². The van der Waals surface area contributed by atoms with Crippen LogP contribution in [0.5, 0.6) is 0 Å². The molecule has 1 heterocycles. The molecule has 96 valence electrons. The standard InChI is InChI=1S/C14H18ClN3/c1-4-12(15)13-9-18(17-16-13)14-8-6-5-7-11(14)10(2)3/h5-10,12H,4H2,1-3H3. The molecular formula is C14H18ClN3. The number of aromatic nitrogens is 3. The molecule has 1 atom stereocenters. The lowest BCUT2D eigenvalue weighted by Crippen LogP contribution is -2.01. The molecule has 0 radical (unpaired) electrons. The van der Waals surface area contributed by atoms with Gasteiger partial charge in [-0.25, -0.2) is 4.68 Å². The fourth-order valence-corrected chi connectivity index (χ4v) is 2.03. The van der Waals surface area contributed by atoms with Crippen molar-refractivity contribution < 1.29 is 0 Å². The maximum Gasteiger partial charge on any atom is 0.101 e. The molecule has 1 aromatic heterocycles. The van der Waals surface area contributed by atoms with Crippen LogP contribution in [0.4, 0.5) is 0 Å². The number of halogens is 1. The number of para-hydroxylation sites is 1. The first-order chi connectivity index (χ1) is 8.63. The smallest absolute Gasteiger partial charge is 0.101 e. The predicted octanol–water partition coefficient (Wildman–Crippen LogP) is 4.08. The quantitative estimate of drug-likeness (QED) is 0.778. The normalized spacial score (nSPS) is 12.9. The summed E-state index contributed by atoms with van der Waals surface area (Å²) in [4.78, 5) is 0. The molecule has 18 heavy (non-hydrogen) atoms. The van der Waals surface area contributed by atoms with Crippen molar-refractivity contribution in [3.8, 4) is 5.69 Å². The Morgan fingerprint density at radius 3 is 2.67 bits per heavy atom. The average molecular weight is 264 g/mol. The monoisotopic (exact) mass is 263 g/mol. The van der Waals surface area contributed by atoms with Gasteiger partial charge in [0.25, 0.3) is 0 Å². The SMILES string of the molecule is CCC(Cl)c1cn(-c2ccccc2C(C)C)nn1. The third-order valence-corrected chi connectivity index (χ3v) is 3.53. The Morgan fingerprint density at radius 1 is 1.28 bits per heavy atom. The molecule has 0 spiro atoms. The molecule has 1 unspecified atom stereocenters. The Kier molecular flexibility index (Phi) is 4.02. The first-order valence-electron chi connectivity index (χ1n) is 6.29. The number of hydrogen-bond acceptors (Lipinski definition) is 2. The highest BCUT2D eigenvalue weighted by Gasteiger charge is 2.13. The zero-order chi connectivity index (χ0) is 13.1. The van der Waals surface area contributed by atoms with Crippen LogP contribution in [0.15, 0.2) is 30.5 Å². The number of nitrogens with zero attached hydrogens (tertiary/aromatic N) is 3. The largest absolute Gasteiger partial charge is 0.220 e. The summed E-state index contributed by atoms with van der Waals surface area (Å²) >= 11 is 6.18. The van der Waals surface area contributed by atoms with Crippen LogP contribution in [0.1, 0.15) is 49.7 Å². The summed E-state index contributed by atoms with van der Waals surface area (Å²) in [6, 6.07) is 8.25. The van der Waals surface area contributed by atoms with Gasteiger partial charge in [-0.2, -0.15) is 0 Å². The maximum absolute atomic E-state index is 6.18. The molecule has 0 aliphatic heterocycles. The third-order valence-electron chi connectivity index (χ3n) is 3.00. The highest BCUT2D eigenvalue weighted by Crippen LogP contribution is 2.25. The van der Waals surface area contributed by atoms with Crippen molar-refractivity contribution in [3.63, 3.8) is 0 Å². The number of alkyl halides is 1. The first kappa shape index (κ1) is 13.1. The first-order valence-corrected chi connectivity index (χ1v) is 6.72. The van der Waals surface area contributed by atoms with Gasteiger partial charge >= 0.3 is 0 Å². The van der Waals surface area contributed by atoms with E-state index in [9.17, 15) is 0 Å². The second-order valence-electron chi connectivity index (χ2n) is 4.68. The molecule has 2 rings (SSSR count). The molecule has 0 saturated heterocycles. The minimum atomic E-state index is -0.0648. The lowest BCUT2D eigenvalue weighted by Gasteiger charge is -2.11. The van der Waals surface area contributed by atoms with Crippen LogP contribution >= 0.6 is 11.6 Å². The third kappa shape index (κ3) is 2.56. The van der Waals surface area contributed by atoms with Crippen LogP contribution < -0.4 is 0 Å². The lowest BCUT2D eigenvalue weighted by molar-refractivity contribution is 0.763. The zero-order valence-electron chi connectivity index (χ0n) is 11.0. The zero-order valence-corrected chi connectivity index (χ0v) is 11.7. The van der Waals surface area contributed by atoms with E-state index in [2.05, 4.69) is 36.3 Å². The molecule has 1 aromatic carbocycles. The van der Waals surface area contributed by atoms with E-state index < -0.39 is 0 Å². The Hall–Kier alpha value is -1.35. The molecule has 0 aliphatic rings. The fourth-order valence-electron chi connectivity index (χ4n) is 1.93. The van der Waals surface area contributed by atoms with E-state index in [1.165, 1.54) is 5.56 Å². The molecule has 0 N–H and O–H groups in total. The molecule has 0 aliphatic carbocycles. The van der Waals surface area contributed by atoms with E-state index in [0.717, 1.165) is 17.8 Å². The van der Waals surface area contributed by atoms with Crippen LogP contribution in [0, 0.1) is 0 Å². The highest BCUT2D eigenvalue weighted by molar-refractivity contribution is 6.20. The molecule has 3 nitrogen and oxygen atoms in total. The predicted molar refractivity (Wildman–Crippen MR) is 74.3 cm³/mol. The number of benzene rings is 1. The van der Waals surface area contributed by atoms with Gasteiger partial charge in [0.05, 0.1) is 17.3 Å². The van der Waals surface area contributed by atoms with E-state index in [1.807, 2.05) is 29.9 Å². The van der Waals surface area contributed by atoms with E-state index in [-0.39, 0.29) is 5.38 Å². The molecule has 0 saturated carbocycles. The summed E-state index contributed by atoms with van der Waals surface area (Å²) in [5.74, 6) is 0.451. The minimum Gasteiger partial charge on any atom is -0.220 e. The minimum absolute atomic E-state index is 0.0648. The van der Waals surface area contributed by atoms with E-state index in [4.69, 9.17) is 11.6 Å². The lowest BCUT2D eigenvalue weighted by atomic mass is 10.0. The van der Waals surface area contributed by atoms with Crippen molar-refractivity contribution in [1.82, 2.24) is 15.0 Å². The Labute approximate surface area is 113 Å². The highest BCUT2D eigenvalue weighted by atomic mass is 35.5. The van der Waals surface area contributed by atoms with Gasteiger partial charge in [-0.05, 0) is 24.0 Å². The summed E-state index contributed by atoms with van der Waals surface area (Å²) < 4.78 is 1.82. The fraction of sp³-hybridized carbons (Fsp3) is 0.429. The molecule has 0 fully saturated rings. The summed E-state index contributed by atoms with van der Waals surface area (Å²) in [5, 5.41) is 8.26. The van der Waals surface area contributed by atoms with Crippen molar-refractivity contribution in [2.24, 2.45) is 0 Å². The van der Waals surface area contributed by atoms with Crippen molar-refractivity contribution >= 4 is 11.6 Å². The number of hydrogen-bond donors (Lipinski definition) is 0. The summed E-state index contributed by atoms with van der Waals surface area (Å²) in [7, 11) is 0. The van der Waals surface area contributed by atoms with Gasteiger partial charge in [0.1, 0.15) is 5.69 Å². The van der Waals surface area contributed by atoms with E-state index in [1.54, 1.807) is 0 Å². The molecule has 2 aromatic rings. The van der Waals surface area contributed by atoms with Crippen molar-refractivity contribution in [2.75, 3.05) is 0 Å². The molecular weight excluding hydrogens is 246 g/mol. The number of rotatable bonds is 4. The van der Waals surface area contributed by atoms with Gasteiger partial charge in [0.15, 0.2) is 0 Å². The van der Waals surface area contributed by atoms with Crippen molar-refractivity contribution in [2.45, 2.75) is 38.5 Å². The molecule has 4 heteroatoms. The van der Waals surface area contributed by atoms with Gasteiger partial charge in [-0.15, -0.1) is 16.7 Å².